The van der Waals surface area contributed by atoms with Crippen molar-refractivity contribution < 1.29 is 9.59 Å². The van der Waals surface area contributed by atoms with Crippen LogP contribution in [0.4, 0.5) is 5.69 Å². The third kappa shape index (κ3) is 5.83. The SMILES string of the molecule is Cc1cccc(C)c1NC(=O)CNC(=O)C(C)N(C)Cc1ccccc1-c1ccccc1. The van der Waals surface area contributed by atoms with Crippen LogP contribution in [0.25, 0.3) is 11.1 Å². The highest BCUT2D eigenvalue weighted by Crippen LogP contribution is 2.24. The Labute approximate surface area is 190 Å². The standard InChI is InChI=1S/C27H31N3O2/c1-19-11-10-12-20(2)26(19)29-25(31)17-28-27(32)21(3)30(4)18-23-15-8-9-16-24(23)22-13-6-5-7-14-22/h5-16,21H,17-18H2,1-4H3,(H,28,32)(H,29,31). The van der Waals surface area contributed by atoms with E-state index in [1.165, 1.54) is 0 Å². The summed E-state index contributed by atoms with van der Waals surface area (Å²) in [6, 6.07) is 23.9. The molecule has 0 bridgehead atoms. The Balaban J connectivity index is 1.58. The summed E-state index contributed by atoms with van der Waals surface area (Å²) >= 11 is 0. The van der Waals surface area contributed by atoms with E-state index in [1.807, 2.05) is 81.2 Å². The van der Waals surface area contributed by atoms with Gasteiger partial charge >= 0.3 is 0 Å². The second-order valence-corrected chi connectivity index (χ2v) is 8.15. The number of benzene rings is 3. The summed E-state index contributed by atoms with van der Waals surface area (Å²) in [7, 11) is 1.92. The summed E-state index contributed by atoms with van der Waals surface area (Å²) in [5.74, 6) is -0.415. The molecule has 0 fully saturated rings. The topological polar surface area (TPSA) is 61.4 Å². The first-order valence-electron chi connectivity index (χ1n) is 10.8. The fourth-order valence-electron chi connectivity index (χ4n) is 3.67. The minimum atomic E-state index is -0.383. The van der Waals surface area contributed by atoms with Crippen molar-refractivity contribution in [3.8, 4) is 11.1 Å². The average Bonchev–Trinajstić information content (AvgIpc) is 2.80. The highest BCUT2D eigenvalue weighted by atomic mass is 16.2. The van der Waals surface area contributed by atoms with E-state index in [-0.39, 0.29) is 24.4 Å². The normalized spacial score (nSPS) is 11.8. The molecular formula is C27H31N3O2. The molecule has 0 aliphatic rings. The molecule has 0 saturated heterocycles. The number of amides is 2. The van der Waals surface area contributed by atoms with Crippen LogP contribution in [-0.4, -0.2) is 36.3 Å². The number of para-hydroxylation sites is 1. The molecular weight excluding hydrogens is 398 g/mol. The Bertz CT molecular complexity index is 1060. The number of carbonyl (C=O) groups is 2. The molecule has 0 saturated carbocycles. The summed E-state index contributed by atoms with van der Waals surface area (Å²) in [6.45, 7) is 6.31. The Morgan fingerprint density at radius 1 is 0.875 bits per heavy atom. The summed E-state index contributed by atoms with van der Waals surface area (Å²) in [4.78, 5) is 27.0. The Kier molecular flexibility index (Phi) is 7.79. The summed E-state index contributed by atoms with van der Waals surface area (Å²) in [5.41, 5.74) is 6.24. The second-order valence-electron chi connectivity index (χ2n) is 8.15. The van der Waals surface area contributed by atoms with Crippen molar-refractivity contribution in [2.75, 3.05) is 18.9 Å². The molecule has 0 heterocycles. The van der Waals surface area contributed by atoms with Gasteiger partial charge in [-0.05, 0) is 55.6 Å². The van der Waals surface area contributed by atoms with Gasteiger partial charge in [-0.1, -0.05) is 72.8 Å². The zero-order chi connectivity index (χ0) is 23.1. The lowest BCUT2D eigenvalue weighted by Crippen LogP contribution is -2.45. The molecule has 3 aromatic carbocycles. The minimum absolute atomic E-state index is 0.0641. The van der Waals surface area contributed by atoms with Gasteiger partial charge in [0.2, 0.25) is 11.8 Å². The van der Waals surface area contributed by atoms with Gasteiger partial charge in [0.1, 0.15) is 0 Å². The minimum Gasteiger partial charge on any atom is -0.346 e. The Morgan fingerprint density at radius 3 is 2.19 bits per heavy atom. The molecule has 3 rings (SSSR count). The third-order valence-corrected chi connectivity index (χ3v) is 5.73. The first-order chi connectivity index (χ1) is 15.4. The van der Waals surface area contributed by atoms with Crippen LogP contribution in [-0.2, 0) is 16.1 Å². The Morgan fingerprint density at radius 2 is 1.50 bits per heavy atom. The number of nitrogens with zero attached hydrogens (tertiary/aromatic N) is 1. The molecule has 1 atom stereocenters. The van der Waals surface area contributed by atoms with Crippen LogP contribution in [0.3, 0.4) is 0 Å². The van der Waals surface area contributed by atoms with Crippen molar-refractivity contribution in [2.45, 2.75) is 33.4 Å². The van der Waals surface area contributed by atoms with E-state index in [2.05, 4.69) is 34.9 Å². The fraction of sp³-hybridized carbons (Fsp3) is 0.259. The first kappa shape index (κ1) is 23.2. The van der Waals surface area contributed by atoms with E-state index in [4.69, 9.17) is 0 Å². The van der Waals surface area contributed by atoms with E-state index in [0.29, 0.717) is 6.54 Å². The predicted molar refractivity (Wildman–Crippen MR) is 130 cm³/mol. The van der Waals surface area contributed by atoms with Gasteiger partial charge < -0.3 is 10.6 Å². The molecule has 32 heavy (non-hydrogen) atoms. The van der Waals surface area contributed by atoms with Crippen LogP contribution in [0.15, 0.2) is 72.8 Å². The number of likely N-dealkylation sites (N-methyl/N-ethyl adjacent to an activating group) is 1. The molecule has 0 radical (unpaired) electrons. The maximum atomic E-state index is 12.7. The number of rotatable bonds is 8. The largest absolute Gasteiger partial charge is 0.346 e. The van der Waals surface area contributed by atoms with Crippen LogP contribution in [0.1, 0.15) is 23.6 Å². The molecule has 3 aromatic rings. The van der Waals surface area contributed by atoms with Crippen molar-refractivity contribution in [1.82, 2.24) is 10.2 Å². The fourth-order valence-corrected chi connectivity index (χ4v) is 3.67. The lowest BCUT2D eigenvalue weighted by molar-refractivity contribution is -0.127. The lowest BCUT2D eigenvalue weighted by atomic mass is 9.99. The molecule has 2 N–H and O–H groups in total. The highest BCUT2D eigenvalue weighted by Gasteiger charge is 2.20. The number of hydrogen-bond acceptors (Lipinski definition) is 3. The van der Waals surface area contributed by atoms with Crippen molar-refractivity contribution in [1.29, 1.82) is 0 Å². The van der Waals surface area contributed by atoms with Gasteiger partial charge in [-0.15, -0.1) is 0 Å². The Hall–Kier alpha value is -3.44. The lowest BCUT2D eigenvalue weighted by Gasteiger charge is -2.25. The van der Waals surface area contributed by atoms with E-state index < -0.39 is 0 Å². The van der Waals surface area contributed by atoms with Gasteiger partial charge in [0, 0.05) is 12.2 Å². The maximum absolute atomic E-state index is 12.7. The van der Waals surface area contributed by atoms with Crippen LogP contribution in [0, 0.1) is 13.8 Å². The van der Waals surface area contributed by atoms with Crippen molar-refractivity contribution in [3.63, 3.8) is 0 Å². The number of nitrogens with one attached hydrogen (secondary N) is 2. The zero-order valence-electron chi connectivity index (χ0n) is 19.2. The van der Waals surface area contributed by atoms with Gasteiger partial charge in [0.15, 0.2) is 0 Å². The smallest absolute Gasteiger partial charge is 0.243 e. The van der Waals surface area contributed by atoms with E-state index in [9.17, 15) is 9.59 Å². The van der Waals surface area contributed by atoms with E-state index >= 15 is 0 Å². The molecule has 5 heteroatoms. The summed E-state index contributed by atoms with van der Waals surface area (Å²) in [6.07, 6.45) is 0. The third-order valence-electron chi connectivity index (χ3n) is 5.73. The number of carbonyl (C=O) groups excluding carboxylic acids is 2. The predicted octanol–water partition coefficient (Wildman–Crippen LogP) is 4.55. The van der Waals surface area contributed by atoms with E-state index in [0.717, 1.165) is 33.5 Å². The van der Waals surface area contributed by atoms with Crippen LogP contribution in [0.5, 0.6) is 0 Å². The maximum Gasteiger partial charge on any atom is 0.243 e. The number of hydrogen-bond donors (Lipinski definition) is 2. The van der Waals surface area contributed by atoms with Crippen molar-refractivity contribution in [3.05, 3.63) is 89.5 Å². The quantitative estimate of drug-likeness (QED) is 0.552. The van der Waals surface area contributed by atoms with Gasteiger partial charge in [0.05, 0.1) is 12.6 Å². The van der Waals surface area contributed by atoms with Gasteiger partial charge in [-0.3, -0.25) is 14.5 Å². The van der Waals surface area contributed by atoms with Gasteiger partial charge in [0.25, 0.3) is 0 Å². The number of anilines is 1. The van der Waals surface area contributed by atoms with Gasteiger partial charge in [-0.2, -0.15) is 0 Å². The molecule has 166 valence electrons. The van der Waals surface area contributed by atoms with Crippen molar-refractivity contribution >= 4 is 17.5 Å². The van der Waals surface area contributed by atoms with Crippen LogP contribution >= 0.6 is 0 Å². The highest BCUT2D eigenvalue weighted by molar-refractivity contribution is 5.96. The first-order valence-corrected chi connectivity index (χ1v) is 10.8. The van der Waals surface area contributed by atoms with Crippen LogP contribution in [0.2, 0.25) is 0 Å². The summed E-state index contributed by atoms with van der Waals surface area (Å²) in [5, 5.41) is 5.66. The molecule has 5 nitrogen and oxygen atoms in total. The molecule has 0 spiro atoms. The zero-order valence-corrected chi connectivity index (χ0v) is 19.2. The van der Waals surface area contributed by atoms with Crippen LogP contribution < -0.4 is 10.6 Å². The molecule has 1 unspecified atom stereocenters. The summed E-state index contributed by atoms with van der Waals surface area (Å²) < 4.78 is 0. The molecule has 0 aliphatic heterocycles. The second kappa shape index (κ2) is 10.7. The number of aryl methyl sites for hydroxylation is 2. The van der Waals surface area contributed by atoms with Gasteiger partial charge in [-0.25, -0.2) is 0 Å². The molecule has 0 aromatic heterocycles. The average molecular weight is 430 g/mol. The van der Waals surface area contributed by atoms with E-state index in [1.54, 1.807) is 0 Å². The monoisotopic (exact) mass is 429 g/mol. The van der Waals surface area contributed by atoms with Crippen molar-refractivity contribution in [2.24, 2.45) is 0 Å². The molecule has 0 aliphatic carbocycles. The molecule has 2 amide bonds.